The van der Waals surface area contributed by atoms with Gasteiger partial charge in [-0.15, -0.1) is 22.7 Å². The van der Waals surface area contributed by atoms with Crippen molar-refractivity contribution in [2.75, 3.05) is 0 Å². The number of Topliss-reactive ketones (excluding diaryl/α,β-unsaturated/α-hetero) is 1. The van der Waals surface area contributed by atoms with E-state index in [4.69, 9.17) is 4.98 Å². The van der Waals surface area contributed by atoms with E-state index in [1.54, 1.807) is 0 Å². The Labute approximate surface area is 199 Å². The molecule has 1 N–H and O–H groups in total. The second-order valence-corrected chi connectivity index (χ2v) is 11.9. The van der Waals surface area contributed by atoms with Gasteiger partial charge in [-0.3, -0.25) is 4.79 Å². The Morgan fingerprint density at radius 3 is 2.45 bits per heavy atom. The molecule has 2 bridgehead atoms. The van der Waals surface area contributed by atoms with Crippen molar-refractivity contribution in [2.45, 2.75) is 77.1 Å². The molecule has 0 aromatic carbocycles. The van der Waals surface area contributed by atoms with Crippen LogP contribution in [0, 0.1) is 11.8 Å². The fourth-order valence-corrected chi connectivity index (χ4v) is 8.24. The van der Waals surface area contributed by atoms with Crippen LogP contribution in [0.2, 0.25) is 0 Å². The summed E-state index contributed by atoms with van der Waals surface area (Å²) in [4.78, 5) is 31.7. The van der Waals surface area contributed by atoms with Gasteiger partial charge < -0.3 is 5.11 Å². The molecule has 2 aromatic heterocycles. The first-order valence-corrected chi connectivity index (χ1v) is 13.3. The largest absolute Gasteiger partial charge is 0.478 e. The van der Waals surface area contributed by atoms with Gasteiger partial charge in [0.05, 0.1) is 5.69 Å². The molecule has 2 heterocycles. The third kappa shape index (κ3) is 4.09. The molecule has 0 aliphatic heterocycles. The number of hydrogen-bond acceptors (Lipinski definition) is 5. The number of thiazole rings is 1. The van der Waals surface area contributed by atoms with Crippen LogP contribution < -0.4 is 0 Å². The van der Waals surface area contributed by atoms with Crippen LogP contribution in [-0.2, 0) is 28.9 Å². The minimum Gasteiger partial charge on any atom is -0.478 e. The summed E-state index contributed by atoms with van der Waals surface area (Å²) in [6.45, 7) is 4.12. The van der Waals surface area contributed by atoms with Crippen molar-refractivity contribution in [3.05, 3.63) is 37.5 Å². The Bertz CT molecular complexity index is 1150. The molecule has 0 radical (unpaired) electrons. The molecule has 33 heavy (non-hydrogen) atoms. The third-order valence-corrected chi connectivity index (χ3v) is 9.45. The van der Waals surface area contributed by atoms with E-state index in [1.807, 2.05) is 5.38 Å². The lowest BCUT2D eigenvalue weighted by Crippen LogP contribution is -2.34. The summed E-state index contributed by atoms with van der Waals surface area (Å²) in [5, 5.41) is 12.6. The molecule has 1 saturated carbocycles. The molecule has 0 atom stereocenters. The molecule has 1 fully saturated rings. The number of hydrogen-bond donors (Lipinski definition) is 1. The number of aromatic nitrogens is 1. The van der Waals surface area contributed by atoms with Crippen LogP contribution in [-0.4, -0.2) is 27.8 Å². The number of allylic oxidation sites excluding steroid dienone is 1. The van der Waals surface area contributed by atoms with Crippen LogP contribution in [0.4, 0.5) is 8.78 Å². The molecular formula is C25H27F2NO3S2. The van der Waals surface area contributed by atoms with Crippen molar-refractivity contribution < 1.29 is 23.5 Å². The summed E-state index contributed by atoms with van der Waals surface area (Å²) in [5.74, 6) is -3.67. The van der Waals surface area contributed by atoms with Gasteiger partial charge in [0.2, 0.25) is 0 Å². The third-order valence-electron chi connectivity index (χ3n) is 7.34. The maximum absolute atomic E-state index is 14.2. The molecule has 4 aliphatic carbocycles. The number of carboxylic acids is 1. The molecule has 0 spiro atoms. The Hall–Kier alpha value is -1.93. The maximum atomic E-state index is 14.2. The first kappa shape index (κ1) is 22.8. The lowest BCUT2D eigenvalue weighted by atomic mass is 9.65. The van der Waals surface area contributed by atoms with Gasteiger partial charge >= 0.3 is 5.97 Å². The molecule has 2 aromatic rings. The number of rotatable bonds is 6. The summed E-state index contributed by atoms with van der Waals surface area (Å²) in [5.41, 5.74) is 3.47. The normalized spacial score (nSPS) is 23.8. The molecule has 0 saturated heterocycles. The highest BCUT2D eigenvalue weighted by atomic mass is 32.1. The standard InChI is InChI=1S/C25H27F2NO3S2/c1-12(2)16-11-32-23(28-16)22-15-7-8-25(26,27)10-19(15)33-18(22)9-17(29)20-13-3-5-14(6-4-13)21(20)24(30)31/h11-14H,3-10H2,1-2H3,(H,30,31). The second kappa shape index (κ2) is 8.38. The summed E-state index contributed by atoms with van der Waals surface area (Å²) in [6.07, 6.45) is 3.19. The van der Waals surface area contributed by atoms with E-state index >= 15 is 0 Å². The van der Waals surface area contributed by atoms with E-state index in [0.717, 1.165) is 52.4 Å². The van der Waals surface area contributed by atoms with Gasteiger partial charge in [0.25, 0.3) is 5.92 Å². The average Bonchev–Trinajstić information content (AvgIpc) is 3.37. The van der Waals surface area contributed by atoms with E-state index in [-0.39, 0.29) is 49.2 Å². The first-order chi connectivity index (χ1) is 15.6. The zero-order valence-corrected chi connectivity index (χ0v) is 20.4. The van der Waals surface area contributed by atoms with E-state index in [2.05, 4.69) is 13.8 Å². The zero-order valence-electron chi connectivity index (χ0n) is 18.7. The van der Waals surface area contributed by atoms with Gasteiger partial charge in [-0.1, -0.05) is 13.8 Å². The predicted octanol–water partition coefficient (Wildman–Crippen LogP) is 6.43. The fourth-order valence-electron chi connectivity index (χ4n) is 5.67. The Morgan fingerprint density at radius 2 is 1.85 bits per heavy atom. The molecule has 8 heteroatoms. The minimum absolute atomic E-state index is 0.00313. The summed E-state index contributed by atoms with van der Waals surface area (Å²) < 4.78 is 28.4. The zero-order chi connectivity index (χ0) is 23.5. The summed E-state index contributed by atoms with van der Waals surface area (Å²) in [6, 6.07) is 0. The highest BCUT2D eigenvalue weighted by molar-refractivity contribution is 7.15. The number of halogens is 2. The van der Waals surface area contributed by atoms with Crippen LogP contribution in [0.5, 0.6) is 0 Å². The maximum Gasteiger partial charge on any atom is 0.332 e. The smallest absolute Gasteiger partial charge is 0.332 e. The van der Waals surface area contributed by atoms with Gasteiger partial charge in [-0.25, -0.2) is 18.6 Å². The number of carbonyl (C=O) groups excluding carboxylic acids is 1. The SMILES string of the molecule is CC(C)c1csc(-c2c(CC(=O)C3=C(C(=O)O)C4CCC3CC4)sc3c2CCC(F)(F)C3)n1. The lowest BCUT2D eigenvalue weighted by Gasteiger charge is -2.38. The molecule has 4 nitrogen and oxygen atoms in total. The van der Waals surface area contributed by atoms with Crippen molar-refractivity contribution in [1.29, 1.82) is 0 Å². The van der Waals surface area contributed by atoms with Crippen molar-refractivity contribution in [2.24, 2.45) is 11.8 Å². The van der Waals surface area contributed by atoms with Crippen molar-refractivity contribution >= 4 is 34.4 Å². The topological polar surface area (TPSA) is 67.3 Å². The highest BCUT2D eigenvalue weighted by Crippen LogP contribution is 2.48. The summed E-state index contributed by atoms with van der Waals surface area (Å²) >= 11 is 2.79. The molecule has 176 valence electrons. The van der Waals surface area contributed by atoms with Crippen LogP contribution in [0.1, 0.15) is 72.9 Å². The van der Waals surface area contributed by atoms with E-state index < -0.39 is 11.9 Å². The van der Waals surface area contributed by atoms with Crippen molar-refractivity contribution in [3.8, 4) is 10.6 Å². The number of ketones is 1. The van der Waals surface area contributed by atoms with E-state index in [0.29, 0.717) is 16.0 Å². The Morgan fingerprint density at radius 1 is 1.18 bits per heavy atom. The number of carboxylic acid groups (broad SMARTS) is 1. The van der Waals surface area contributed by atoms with Crippen LogP contribution in [0.15, 0.2) is 16.5 Å². The number of nitrogens with zero attached hydrogens (tertiary/aromatic N) is 1. The number of carbonyl (C=O) groups is 2. The molecule has 0 unspecified atom stereocenters. The number of thiophene rings is 1. The van der Waals surface area contributed by atoms with Crippen molar-refractivity contribution in [3.63, 3.8) is 0 Å². The van der Waals surface area contributed by atoms with E-state index in [9.17, 15) is 23.5 Å². The van der Waals surface area contributed by atoms with Crippen molar-refractivity contribution in [1.82, 2.24) is 4.98 Å². The van der Waals surface area contributed by atoms with Gasteiger partial charge in [0.1, 0.15) is 5.01 Å². The summed E-state index contributed by atoms with van der Waals surface area (Å²) in [7, 11) is 0. The first-order valence-electron chi connectivity index (χ1n) is 11.6. The average molecular weight is 492 g/mol. The lowest BCUT2D eigenvalue weighted by molar-refractivity contribution is -0.134. The van der Waals surface area contributed by atoms with Gasteiger partial charge in [-0.2, -0.15) is 0 Å². The second-order valence-electron chi connectivity index (χ2n) is 9.85. The van der Waals surface area contributed by atoms with Gasteiger partial charge in [0, 0.05) is 51.1 Å². The fraction of sp³-hybridized carbons (Fsp3) is 0.560. The minimum atomic E-state index is -2.73. The molecule has 0 amide bonds. The molecule has 6 rings (SSSR count). The van der Waals surface area contributed by atoms with Gasteiger partial charge in [0.15, 0.2) is 5.78 Å². The van der Waals surface area contributed by atoms with Crippen LogP contribution >= 0.6 is 22.7 Å². The predicted molar refractivity (Wildman–Crippen MR) is 125 cm³/mol. The van der Waals surface area contributed by atoms with Gasteiger partial charge in [-0.05, 0) is 55.4 Å². The van der Waals surface area contributed by atoms with E-state index in [1.165, 1.54) is 22.7 Å². The highest BCUT2D eigenvalue weighted by Gasteiger charge is 2.42. The number of fused-ring (bicyclic) bond motifs is 3. The van der Waals surface area contributed by atoms with Crippen LogP contribution in [0.25, 0.3) is 10.6 Å². The quantitative estimate of drug-likeness (QED) is 0.506. The monoisotopic (exact) mass is 491 g/mol. The Kier molecular flexibility index (Phi) is 5.80. The Balaban J connectivity index is 1.56. The number of alkyl halides is 2. The van der Waals surface area contributed by atoms with Crippen LogP contribution in [0.3, 0.4) is 0 Å². The number of aliphatic carboxylic acids is 1. The molecular weight excluding hydrogens is 464 g/mol. The molecule has 4 aliphatic rings.